The quantitative estimate of drug-likeness (QED) is 0.631. The minimum Gasteiger partial charge on any atom is -0.361 e. The van der Waals surface area contributed by atoms with Crippen LogP contribution in [0.2, 0.25) is 10.0 Å². The van der Waals surface area contributed by atoms with Crippen molar-refractivity contribution in [2.75, 3.05) is 12.4 Å². The van der Waals surface area contributed by atoms with E-state index in [9.17, 15) is 4.79 Å². The second-order valence-corrected chi connectivity index (χ2v) is 6.63. The number of nitrogens with one attached hydrogen (secondary N) is 2. The van der Waals surface area contributed by atoms with Crippen LogP contribution in [0.1, 0.15) is 31.6 Å². The Labute approximate surface area is 160 Å². The molecule has 0 radical (unpaired) electrons. The van der Waals surface area contributed by atoms with E-state index >= 15 is 0 Å². The van der Waals surface area contributed by atoms with Gasteiger partial charge in [0.1, 0.15) is 6.23 Å². The van der Waals surface area contributed by atoms with Gasteiger partial charge < -0.3 is 10.1 Å². The first kappa shape index (κ1) is 18.7. The largest absolute Gasteiger partial charge is 0.361 e. The van der Waals surface area contributed by atoms with Crippen molar-refractivity contribution in [1.82, 2.24) is 19.5 Å². The molecule has 2 aromatic heterocycles. The normalized spacial score (nSPS) is 12.5. The highest BCUT2D eigenvalue weighted by molar-refractivity contribution is 6.42. The number of imidazole rings is 1. The summed E-state index contributed by atoms with van der Waals surface area (Å²) in [6.45, 7) is 2.49. The molecule has 0 spiro atoms. The first-order valence-corrected chi connectivity index (χ1v) is 8.96. The molecule has 9 heteroatoms. The maximum Gasteiger partial charge on any atom is 0.278 e. The second kappa shape index (κ2) is 8.07. The van der Waals surface area contributed by atoms with Gasteiger partial charge >= 0.3 is 0 Å². The first-order chi connectivity index (χ1) is 12.5. The van der Waals surface area contributed by atoms with Gasteiger partial charge in [0.15, 0.2) is 11.2 Å². The molecule has 1 atom stereocenters. The van der Waals surface area contributed by atoms with Gasteiger partial charge in [0.2, 0.25) is 5.95 Å². The third-order valence-corrected chi connectivity index (χ3v) is 4.74. The lowest BCUT2D eigenvalue weighted by molar-refractivity contribution is 0.0394. The summed E-state index contributed by atoms with van der Waals surface area (Å²) in [5.41, 5.74) is 1.39. The average molecular weight is 396 g/mol. The monoisotopic (exact) mass is 395 g/mol. The summed E-state index contributed by atoms with van der Waals surface area (Å²) in [5, 5.41) is 4.04. The van der Waals surface area contributed by atoms with Gasteiger partial charge in [-0.1, -0.05) is 42.6 Å². The molecule has 7 nitrogen and oxygen atoms in total. The van der Waals surface area contributed by atoms with E-state index in [1.165, 1.54) is 0 Å². The molecule has 138 valence electrons. The van der Waals surface area contributed by atoms with Gasteiger partial charge in [-0.05, 0) is 24.1 Å². The zero-order valence-electron chi connectivity index (χ0n) is 14.4. The van der Waals surface area contributed by atoms with E-state index in [0.29, 0.717) is 33.7 Å². The van der Waals surface area contributed by atoms with Gasteiger partial charge in [-0.15, -0.1) is 0 Å². The Hall–Kier alpha value is -2.09. The zero-order chi connectivity index (χ0) is 18.7. The van der Waals surface area contributed by atoms with Crippen LogP contribution in [0, 0.1) is 0 Å². The third kappa shape index (κ3) is 3.85. The molecule has 0 aliphatic rings. The fourth-order valence-electron chi connectivity index (χ4n) is 2.71. The molecule has 2 N–H and O–H groups in total. The Bertz CT molecular complexity index is 969. The topological polar surface area (TPSA) is 84.8 Å². The molecule has 0 aliphatic heterocycles. The maximum absolute atomic E-state index is 12.5. The molecule has 1 aromatic carbocycles. The minimum atomic E-state index is -0.276. The smallest absolute Gasteiger partial charge is 0.278 e. The van der Waals surface area contributed by atoms with Crippen LogP contribution in [-0.4, -0.2) is 26.6 Å². The van der Waals surface area contributed by atoms with Crippen molar-refractivity contribution < 1.29 is 4.74 Å². The number of rotatable bonds is 7. The number of hydrogen-bond acceptors (Lipinski definition) is 5. The molecule has 26 heavy (non-hydrogen) atoms. The van der Waals surface area contributed by atoms with Gasteiger partial charge in [0.05, 0.1) is 16.4 Å². The van der Waals surface area contributed by atoms with Gasteiger partial charge in [0, 0.05) is 13.7 Å². The van der Waals surface area contributed by atoms with E-state index in [1.54, 1.807) is 30.1 Å². The molecular weight excluding hydrogens is 377 g/mol. The van der Waals surface area contributed by atoms with Crippen molar-refractivity contribution in [3.05, 3.63) is 50.5 Å². The SMILES string of the molecule is CCCC(OC)n1cnc2nc(NCc3ccc(Cl)c(Cl)c3)[nH]c(=O)c21. The molecular formula is C17H19Cl2N5O2. The number of benzene rings is 1. The Morgan fingerprint density at radius 1 is 1.35 bits per heavy atom. The van der Waals surface area contributed by atoms with E-state index in [1.807, 2.05) is 6.07 Å². The number of halogens is 2. The summed E-state index contributed by atoms with van der Waals surface area (Å²) in [7, 11) is 1.61. The number of ether oxygens (including phenoxy) is 1. The number of methoxy groups -OCH3 is 1. The fraction of sp³-hybridized carbons (Fsp3) is 0.353. The highest BCUT2D eigenvalue weighted by Gasteiger charge is 2.16. The van der Waals surface area contributed by atoms with Gasteiger partial charge in [0.25, 0.3) is 5.56 Å². The minimum absolute atomic E-state index is 0.247. The van der Waals surface area contributed by atoms with E-state index in [-0.39, 0.29) is 11.8 Å². The van der Waals surface area contributed by atoms with Gasteiger partial charge in [-0.3, -0.25) is 14.3 Å². The number of anilines is 1. The lowest BCUT2D eigenvalue weighted by Crippen LogP contribution is -2.18. The van der Waals surface area contributed by atoms with Crippen LogP contribution in [0.15, 0.2) is 29.3 Å². The molecule has 0 amide bonds. The summed E-state index contributed by atoms with van der Waals surface area (Å²) in [4.78, 5) is 23.9. The molecule has 2 heterocycles. The van der Waals surface area contributed by atoms with Crippen molar-refractivity contribution in [3.8, 4) is 0 Å². The van der Waals surface area contributed by atoms with E-state index in [0.717, 1.165) is 18.4 Å². The molecule has 0 saturated carbocycles. The molecule has 0 fully saturated rings. The first-order valence-electron chi connectivity index (χ1n) is 8.21. The Balaban J connectivity index is 1.85. The van der Waals surface area contributed by atoms with Crippen molar-refractivity contribution in [1.29, 1.82) is 0 Å². The molecule has 1 unspecified atom stereocenters. The maximum atomic E-state index is 12.5. The van der Waals surface area contributed by atoms with Crippen molar-refractivity contribution in [3.63, 3.8) is 0 Å². The Morgan fingerprint density at radius 2 is 2.15 bits per heavy atom. The molecule has 0 bridgehead atoms. The highest BCUT2D eigenvalue weighted by Crippen LogP contribution is 2.23. The zero-order valence-corrected chi connectivity index (χ0v) is 15.9. The van der Waals surface area contributed by atoms with Crippen LogP contribution < -0.4 is 10.9 Å². The summed E-state index contributed by atoms with van der Waals surface area (Å²) in [5.74, 6) is 0.336. The number of aromatic nitrogens is 4. The lowest BCUT2D eigenvalue weighted by atomic mass is 10.2. The average Bonchev–Trinajstić information content (AvgIpc) is 3.05. The van der Waals surface area contributed by atoms with Crippen LogP contribution in [0.3, 0.4) is 0 Å². The molecule has 0 saturated heterocycles. The van der Waals surface area contributed by atoms with Crippen LogP contribution in [0.5, 0.6) is 0 Å². The lowest BCUT2D eigenvalue weighted by Gasteiger charge is -2.16. The number of fused-ring (bicyclic) bond motifs is 1. The highest BCUT2D eigenvalue weighted by atomic mass is 35.5. The number of nitrogens with zero attached hydrogens (tertiary/aromatic N) is 3. The molecule has 0 aliphatic carbocycles. The number of H-pyrrole nitrogens is 1. The molecule has 3 rings (SSSR count). The molecule has 3 aromatic rings. The number of hydrogen-bond donors (Lipinski definition) is 2. The van der Waals surface area contributed by atoms with Crippen molar-refractivity contribution in [2.24, 2.45) is 0 Å². The van der Waals surface area contributed by atoms with Crippen LogP contribution in [0.4, 0.5) is 5.95 Å². The number of aromatic amines is 1. The van der Waals surface area contributed by atoms with Gasteiger partial charge in [-0.2, -0.15) is 4.98 Å². The third-order valence-electron chi connectivity index (χ3n) is 4.00. The summed E-state index contributed by atoms with van der Waals surface area (Å²) in [6.07, 6.45) is 3.04. The van der Waals surface area contributed by atoms with E-state index in [4.69, 9.17) is 27.9 Å². The van der Waals surface area contributed by atoms with Crippen LogP contribution in [0.25, 0.3) is 11.2 Å². The van der Waals surface area contributed by atoms with E-state index in [2.05, 4.69) is 27.2 Å². The summed E-state index contributed by atoms with van der Waals surface area (Å²) < 4.78 is 7.17. The predicted molar refractivity (Wildman–Crippen MR) is 103 cm³/mol. The van der Waals surface area contributed by atoms with Gasteiger partial charge in [-0.25, -0.2) is 4.98 Å². The fourth-order valence-corrected chi connectivity index (χ4v) is 3.03. The standard InChI is InChI=1S/C17H19Cl2N5O2/c1-3-4-13(26-2)24-9-21-15-14(24)16(25)23-17(22-15)20-8-10-5-6-11(18)12(19)7-10/h5-7,9,13H,3-4,8H2,1-2H3,(H2,20,22,23,25). The Morgan fingerprint density at radius 3 is 2.85 bits per heavy atom. The summed E-state index contributed by atoms with van der Waals surface area (Å²) >= 11 is 11.9. The Kier molecular flexibility index (Phi) is 5.80. The van der Waals surface area contributed by atoms with Crippen LogP contribution >= 0.6 is 23.2 Å². The second-order valence-electron chi connectivity index (χ2n) is 5.82. The van der Waals surface area contributed by atoms with Crippen LogP contribution in [-0.2, 0) is 11.3 Å². The summed E-state index contributed by atoms with van der Waals surface area (Å²) in [6, 6.07) is 5.33. The predicted octanol–water partition coefficient (Wildman–Crippen LogP) is 3.98. The van der Waals surface area contributed by atoms with E-state index < -0.39 is 0 Å². The van der Waals surface area contributed by atoms with Crippen molar-refractivity contribution in [2.45, 2.75) is 32.5 Å². The van der Waals surface area contributed by atoms with Crippen molar-refractivity contribution >= 4 is 40.3 Å².